The van der Waals surface area contributed by atoms with E-state index in [9.17, 15) is 4.39 Å². The average Bonchev–Trinajstić information content (AvgIpc) is 2.48. The van der Waals surface area contributed by atoms with Crippen molar-refractivity contribution in [2.24, 2.45) is 0 Å². The lowest BCUT2D eigenvalue weighted by molar-refractivity contribution is 0.491. The summed E-state index contributed by atoms with van der Waals surface area (Å²) in [6.45, 7) is 1.98. The van der Waals surface area contributed by atoms with E-state index in [1.165, 1.54) is 6.07 Å². The minimum atomic E-state index is -0.673. The molecule has 0 radical (unpaired) electrons. The Bertz CT molecular complexity index is 621. The standard InChI is InChI=1S/C17H16Cl3F/c1-12-6-7-13(15(20)8-12)9-17(10-18,11-19)14-4-2-3-5-16(14)21/h2-8H,9-11H2,1H3. The van der Waals surface area contributed by atoms with Crippen LogP contribution in [0.2, 0.25) is 5.02 Å². The maximum Gasteiger partial charge on any atom is 0.127 e. The van der Waals surface area contributed by atoms with Gasteiger partial charge in [0, 0.05) is 22.2 Å². The van der Waals surface area contributed by atoms with Crippen molar-refractivity contribution < 1.29 is 4.39 Å². The van der Waals surface area contributed by atoms with Gasteiger partial charge in [0.1, 0.15) is 5.82 Å². The summed E-state index contributed by atoms with van der Waals surface area (Å²) >= 11 is 18.6. The van der Waals surface area contributed by atoms with E-state index in [-0.39, 0.29) is 17.6 Å². The lowest BCUT2D eigenvalue weighted by atomic mass is 9.78. The predicted molar refractivity (Wildman–Crippen MR) is 89.4 cm³/mol. The predicted octanol–water partition coefficient (Wildman–Crippen LogP) is 5.75. The Morgan fingerprint density at radius 2 is 1.71 bits per heavy atom. The van der Waals surface area contributed by atoms with Gasteiger partial charge in [-0.3, -0.25) is 0 Å². The van der Waals surface area contributed by atoms with Crippen molar-refractivity contribution in [3.05, 3.63) is 70.0 Å². The van der Waals surface area contributed by atoms with Gasteiger partial charge in [-0.1, -0.05) is 41.9 Å². The van der Waals surface area contributed by atoms with Crippen molar-refractivity contribution in [2.75, 3.05) is 11.8 Å². The van der Waals surface area contributed by atoms with Crippen LogP contribution < -0.4 is 0 Å². The van der Waals surface area contributed by atoms with E-state index in [0.29, 0.717) is 17.0 Å². The van der Waals surface area contributed by atoms with Crippen LogP contribution in [-0.4, -0.2) is 11.8 Å². The highest BCUT2D eigenvalue weighted by Crippen LogP contribution is 2.35. The van der Waals surface area contributed by atoms with Crippen molar-refractivity contribution >= 4 is 34.8 Å². The quantitative estimate of drug-likeness (QED) is 0.606. The normalized spacial score (nSPS) is 11.7. The molecule has 0 bridgehead atoms. The second-order valence-corrected chi connectivity index (χ2v) is 6.24. The van der Waals surface area contributed by atoms with Gasteiger partial charge in [0.15, 0.2) is 0 Å². The molecule has 0 saturated carbocycles. The fourth-order valence-corrected chi connectivity index (χ4v) is 3.49. The lowest BCUT2D eigenvalue weighted by Gasteiger charge is -2.31. The molecule has 0 aliphatic heterocycles. The fraction of sp³-hybridized carbons (Fsp3) is 0.294. The topological polar surface area (TPSA) is 0 Å². The summed E-state index contributed by atoms with van der Waals surface area (Å²) in [5.74, 6) is 0.158. The average molecular weight is 346 g/mol. The molecule has 0 unspecified atom stereocenters. The fourth-order valence-electron chi connectivity index (χ4n) is 2.42. The molecule has 0 aromatic heterocycles. The van der Waals surface area contributed by atoms with Crippen molar-refractivity contribution in [1.29, 1.82) is 0 Å². The molecule has 0 saturated heterocycles. The second-order valence-electron chi connectivity index (χ2n) is 5.30. The summed E-state index contributed by atoms with van der Waals surface area (Å²) < 4.78 is 14.2. The number of aryl methyl sites for hydroxylation is 1. The van der Waals surface area contributed by atoms with Gasteiger partial charge in [0.05, 0.1) is 0 Å². The third-order valence-corrected chi connectivity index (χ3v) is 5.07. The van der Waals surface area contributed by atoms with Crippen LogP contribution in [0.4, 0.5) is 4.39 Å². The number of hydrogen-bond donors (Lipinski definition) is 0. The molecule has 4 heteroatoms. The molecule has 0 aliphatic rings. The molecule has 21 heavy (non-hydrogen) atoms. The van der Waals surface area contributed by atoms with E-state index in [2.05, 4.69) is 0 Å². The molecule has 0 amide bonds. The highest BCUT2D eigenvalue weighted by atomic mass is 35.5. The SMILES string of the molecule is Cc1ccc(CC(CCl)(CCl)c2ccccc2F)c(Cl)c1. The van der Waals surface area contributed by atoms with Crippen LogP contribution in [0.25, 0.3) is 0 Å². The number of benzene rings is 2. The Morgan fingerprint density at radius 1 is 1.05 bits per heavy atom. The molecule has 2 aromatic carbocycles. The van der Waals surface area contributed by atoms with E-state index < -0.39 is 5.41 Å². The Kier molecular flexibility index (Phi) is 5.54. The zero-order valence-corrected chi connectivity index (χ0v) is 13.9. The summed E-state index contributed by atoms with van der Waals surface area (Å²) in [7, 11) is 0. The molecule has 0 fully saturated rings. The van der Waals surface area contributed by atoms with Crippen molar-refractivity contribution in [1.82, 2.24) is 0 Å². The molecule has 0 N–H and O–H groups in total. The van der Waals surface area contributed by atoms with Crippen LogP contribution >= 0.6 is 34.8 Å². The van der Waals surface area contributed by atoms with Crippen LogP contribution in [0.3, 0.4) is 0 Å². The van der Waals surface area contributed by atoms with Gasteiger partial charge in [0.2, 0.25) is 0 Å². The van der Waals surface area contributed by atoms with Gasteiger partial charge in [0.25, 0.3) is 0 Å². The maximum atomic E-state index is 14.2. The van der Waals surface area contributed by atoms with Gasteiger partial charge in [-0.15, -0.1) is 23.2 Å². The van der Waals surface area contributed by atoms with Crippen LogP contribution in [0.1, 0.15) is 16.7 Å². The Hall–Kier alpha value is -0.760. The lowest BCUT2D eigenvalue weighted by Crippen LogP contribution is -2.34. The summed E-state index contributed by atoms with van der Waals surface area (Å²) in [6.07, 6.45) is 0.500. The molecular weight excluding hydrogens is 330 g/mol. The molecule has 0 spiro atoms. The van der Waals surface area contributed by atoms with Gasteiger partial charge in [-0.25, -0.2) is 4.39 Å². The van der Waals surface area contributed by atoms with E-state index in [4.69, 9.17) is 34.8 Å². The number of hydrogen-bond acceptors (Lipinski definition) is 0. The summed E-state index contributed by atoms with van der Waals surface area (Å²) in [5.41, 5.74) is 1.86. The number of alkyl halides is 2. The Morgan fingerprint density at radius 3 is 2.29 bits per heavy atom. The number of halogens is 4. The maximum absolute atomic E-state index is 14.2. The highest BCUT2D eigenvalue weighted by Gasteiger charge is 2.34. The highest BCUT2D eigenvalue weighted by molar-refractivity contribution is 6.31. The summed E-state index contributed by atoms with van der Waals surface area (Å²) in [4.78, 5) is 0. The van der Waals surface area contributed by atoms with E-state index in [0.717, 1.165) is 11.1 Å². The molecule has 112 valence electrons. The van der Waals surface area contributed by atoms with E-state index in [1.807, 2.05) is 25.1 Å². The van der Waals surface area contributed by atoms with Gasteiger partial charge < -0.3 is 0 Å². The zero-order chi connectivity index (χ0) is 15.5. The monoisotopic (exact) mass is 344 g/mol. The third kappa shape index (κ3) is 3.53. The summed E-state index contributed by atoms with van der Waals surface area (Å²) in [5, 5.41) is 0.658. The first kappa shape index (κ1) is 16.6. The smallest absolute Gasteiger partial charge is 0.127 e. The van der Waals surface area contributed by atoms with Gasteiger partial charge >= 0.3 is 0 Å². The van der Waals surface area contributed by atoms with Crippen LogP contribution in [-0.2, 0) is 11.8 Å². The van der Waals surface area contributed by atoms with Crippen LogP contribution in [0.15, 0.2) is 42.5 Å². The van der Waals surface area contributed by atoms with Crippen molar-refractivity contribution in [3.8, 4) is 0 Å². The van der Waals surface area contributed by atoms with Gasteiger partial charge in [-0.05, 0) is 42.2 Å². The molecule has 0 atom stereocenters. The zero-order valence-electron chi connectivity index (χ0n) is 11.7. The van der Waals surface area contributed by atoms with Crippen molar-refractivity contribution in [2.45, 2.75) is 18.8 Å². The van der Waals surface area contributed by atoms with Crippen LogP contribution in [0.5, 0.6) is 0 Å². The van der Waals surface area contributed by atoms with Gasteiger partial charge in [-0.2, -0.15) is 0 Å². The molecule has 2 aromatic rings. The molecule has 0 nitrogen and oxygen atoms in total. The minimum Gasteiger partial charge on any atom is -0.207 e. The summed E-state index contributed by atoms with van der Waals surface area (Å²) in [6, 6.07) is 12.4. The first-order valence-electron chi connectivity index (χ1n) is 6.64. The molecule has 2 rings (SSSR count). The minimum absolute atomic E-state index is 0.224. The van der Waals surface area contributed by atoms with Crippen LogP contribution in [0, 0.1) is 12.7 Å². The van der Waals surface area contributed by atoms with E-state index in [1.54, 1.807) is 18.2 Å². The Balaban J connectivity index is 2.46. The van der Waals surface area contributed by atoms with E-state index >= 15 is 0 Å². The first-order chi connectivity index (χ1) is 10.0. The van der Waals surface area contributed by atoms with Crippen molar-refractivity contribution in [3.63, 3.8) is 0 Å². The Labute approximate surface area is 139 Å². The largest absolute Gasteiger partial charge is 0.207 e. The second kappa shape index (κ2) is 7.00. The molecule has 0 heterocycles. The first-order valence-corrected chi connectivity index (χ1v) is 8.09. The molecule has 0 aliphatic carbocycles. The third-order valence-electron chi connectivity index (χ3n) is 3.69. The number of rotatable bonds is 5. The molecular formula is C17H16Cl3F.